The fourth-order valence-electron chi connectivity index (χ4n) is 6.17. The van der Waals surface area contributed by atoms with E-state index in [0.29, 0.717) is 11.3 Å². The molecule has 9 atom stereocenters. The van der Waals surface area contributed by atoms with E-state index < -0.39 is 164 Å². The van der Waals surface area contributed by atoms with Gasteiger partial charge in [-0.3, -0.25) is 47.9 Å². The van der Waals surface area contributed by atoms with E-state index in [2.05, 4.69) is 42.5 Å². The number of nitrogens with two attached hydrogens (primary N) is 2. The number of carboxylic acids is 3. The minimum Gasteiger partial charge on any atom is -0.508 e. The van der Waals surface area contributed by atoms with Gasteiger partial charge in [-0.15, -0.1) is 0 Å². The van der Waals surface area contributed by atoms with Crippen LogP contribution in [-0.4, -0.2) is 199 Å². The lowest BCUT2D eigenvalue weighted by Crippen LogP contribution is -2.61. The second-order valence-corrected chi connectivity index (χ2v) is 19.0. The number of aliphatic carboxylic acids is 3. The number of aliphatic hydroxyl groups is 2. The molecule has 0 unspecified atom stereocenters. The van der Waals surface area contributed by atoms with Gasteiger partial charge in [0.25, 0.3) is 0 Å². The minimum atomic E-state index is -5.08. The van der Waals surface area contributed by atoms with Gasteiger partial charge in [0.15, 0.2) is 0 Å². The molecule has 28 nitrogen and oxygen atoms in total. The van der Waals surface area contributed by atoms with E-state index in [1.54, 1.807) is 24.6 Å². The lowest BCUT2D eigenvalue weighted by atomic mass is 10.0. The molecule has 0 saturated carbocycles. The Balaban J connectivity index is 0.00000767. The number of carboxylic acid groups (broad SMARTS) is 3. The van der Waals surface area contributed by atoms with E-state index in [1.807, 2.05) is 0 Å². The van der Waals surface area contributed by atoms with Gasteiger partial charge in [0.05, 0.1) is 31.7 Å². The molecule has 0 spiro atoms. The number of benzene rings is 1. The number of carbonyl (C=O) groups excluding carboxylic acids is 9. The van der Waals surface area contributed by atoms with E-state index >= 15 is 0 Å². The molecule has 0 aromatic heterocycles. The topological polar surface area (TPSA) is 474 Å². The van der Waals surface area contributed by atoms with E-state index in [-0.39, 0.29) is 37.2 Å². The van der Waals surface area contributed by atoms with Crippen molar-refractivity contribution in [1.82, 2.24) is 42.5 Å². The number of nitrogens with one attached hydrogen (secondary N) is 8. The van der Waals surface area contributed by atoms with Crippen molar-refractivity contribution in [3.05, 3.63) is 29.8 Å². The van der Waals surface area contributed by atoms with Crippen LogP contribution in [0.1, 0.15) is 58.4 Å². The molecule has 9 amide bonds. The molecular weight excluding hydrogens is 1080 g/mol. The van der Waals surface area contributed by atoms with Crippen molar-refractivity contribution < 1.29 is 101 Å². The van der Waals surface area contributed by atoms with Gasteiger partial charge in [-0.05, 0) is 80.2 Å². The summed E-state index contributed by atoms with van der Waals surface area (Å²) in [6.07, 6.45) is -5.09. The molecule has 0 heterocycles. The van der Waals surface area contributed by atoms with Crippen molar-refractivity contribution in [3.63, 3.8) is 0 Å². The Kier molecular flexibility index (Phi) is 32.2. The number of phenolic OH excluding ortho intramolecular Hbond substituents is 1. The SMILES string of the molecule is CSCC[C@H](NC(=O)[C@@H](NC(=O)CNC(=O)[C@H](CC(=O)O)NC(=O)[C@H](CCSC)NC(=O)[C@@H](N)Cc1ccc(O)cc1)[C@@H](C)O)C(=O)N[C@@H](CO)C(=O)N[C@@H](CCC(N)=O)C(=O)N[C@H](C(=O)O)C(C)C.O=C(O)C(F)(F)F. The molecule has 0 aliphatic heterocycles. The van der Waals surface area contributed by atoms with E-state index in [1.165, 1.54) is 49.5 Å². The zero-order valence-corrected chi connectivity index (χ0v) is 44.0. The highest BCUT2D eigenvalue weighted by Gasteiger charge is 2.39. The first-order valence-corrected chi connectivity index (χ1v) is 25.8. The molecule has 0 radical (unpaired) electrons. The first kappa shape index (κ1) is 70.0. The minimum absolute atomic E-state index is 0.00119. The highest BCUT2D eigenvalue weighted by Crippen LogP contribution is 2.14. The summed E-state index contributed by atoms with van der Waals surface area (Å²) in [5.41, 5.74) is 11.9. The highest BCUT2D eigenvalue weighted by molar-refractivity contribution is 7.98. The largest absolute Gasteiger partial charge is 0.508 e. The lowest BCUT2D eigenvalue weighted by Gasteiger charge is -2.27. The summed E-state index contributed by atoms with van der Waals surface area (Å²) < 4.78 is 31.7. The fourth-order valence-corrected chi connectivity index (χ4v) is 7.11. The van der Waals surface area contributed by atoms with Crippen molar-refractivity contribution in [3.8, 4) is 5.75 Å². The number of halogens is 3. The molecule has 77 heavy (non-hydrogen) atoms. The predicted octanol–water partition coefficient (Wildman–Crippen LogP) is -4.23. The maximum absolute atomic E-state index is 13.5. The standard InChI is InChI=1S/C42H66N10O16S2.C2HF3O2/c1-20(2)33(42(67)68)52-39(64)25(10-11-30(44)56)47-40(65)29(19-53)50-38(63)27(13-15-70-5)48-41(66)34(21(3)54)51-31(57)18-45-36(61)28(17-32(58)59)49-37(62)26(12-14-69-4)46-35(60)24(43)16-22-6-8-23(55)9-7-22;3-2(4,5)1(6)7/h6-9,20-21,24-29,33-34,53-55H,10-19,43H2,1-5H3,(H2,44,56)(H,45,61)(H,46,60)(H,47,65)(H,48,66)(H,49,62)(H,50,63)(H,51,57)(H,52,64)(H,58,59)(H,67,68);(H,6,7)/t21-,24+,25+,26+,27+,28+,29+,33+,34+;/m1./s1. The monoisotopic (exact) mass is 1140 g/mol. The van der Waals surface area contributed by atoms with Crippen LogP contribution in [0.15, 0.2) is 24.3 Å². The number of hydrogen-bond donors (Lipinski definition) is 16. The molecule has 0 fully saturated rings. The van der Waals surface area contributed by atoms with Gasteiger partial charge < -0.3 is 84.6 Å². The number of alkyl halides is 3. The number of phenols is 1. The Morgan fingerprint density at radius 1 is 0.623 bits per heavy atom. The van der Waals surface area contributed by atoms with Crippen LogP contribution >= 0.6 is 23.5 Å². The second-order valence-electron chi connectivity index (χ2n) is 17.0. The molecule has 0 aliphatic carbocycles. The molecular formula is C44H67F3N10O18S2. The summed E-state index contributed by atoms with van der Waals surface area (Å²) in [4.78, 5) is 150. The average Bonchev–Trinajstić information content (AvgIpc) is 3.33. The summed E-state index contributed by atoms with van der Waals surface area (Å²) in [7, 11) is 0. The van der Waals surface area contributed by atoms with Gasteiger partial charge in [-0.1, -0.05) is 26.0 Å². The third-order valence-electron chi connectivity index (χ3n) is 10.3. The van der Waals surface area contributed by atoms with Gasteiger partial charge >= 0.3 is 24.1 Å². The van der Waals surface area contributed by atoms with Crippen LogP contribution in [0.2, 0.25) is 0 Å². The second kappa shape index (κ2) is 35.4. The van der Waals surface area contributed by atoms with Crippen molar-refractivity contribution >= 4 is 94.6 Å². The summed E-state index contributed by atoms with van der Waals surface area (Å²) in [5.74, 6) is -14.7. The molecule has 33 heteroatoms. The highest BCUT2D eigenvalue weighted by atomic mass is 32.2. The van der Waals surface area contributed by atoms with Crippen molar-refractivity contribution in [2.45, 2.75) is 120 Å². The average molecular weight is 1150 g/mol. The number of amides is 9. The van der Waals surface area contributed by atoms with Crippen LogP contribution in [0.5, 0.6) is 5.75 Å². The number of aromatic hydroxyl groups is 1. The molecule has 18 N–H and O–H groups in total. The van der Waals surface area contributed by atoms with Gasteiger partial charge in [0.1, 0.15) is 48.0 Å². The molecule has 0 aliphatic rings. The van der Waals surface area contributed by atoms with Crippen LogP contribution in [0, 0.1) is 5.92 Å². The third kappa shape index (κ3) is 28.1. The van der Waals surface area contributed by atoms with Crippen LogP contribution in [0.4, 0.5) is 13.2 Å². The van der Waals surface area contributed by atoms with Gasteiger partial charge in [0, 0.05) is 6.42 Å². The summed E-state index contributed by atoms with van der Waals surface area (Å²) in [6, 6.07) is -6.22. The van der Waals surface area contributed by atoms with Gasteiger partial charge in [0.2, 0.25) is 53.2 Å². The predicted molar refractivity (Wildman–Crippen MR) is 268 cm³/mol. The lowest BCUT2D eigenvalue weighted by molar-refractivity contribution is -0.192. The van der Waals surface area contributed by atoms with Crippen LogP contribution in [0.25, 0.3) is 0 Å². The van der Waals surface area contributed by atoms with Crippen molar-refractivity contribution in [1.29, 1.82) is 0 Å². The van der Waals surface area contributed by atoms with Crippen LogP contribution in [0.3, 0.4) is 0 Å². The van der Waals surface area contributed by atoms with Gasteiger partial charge in [-0.25, -0.2) is 9.59 Å². The quantitative estimate of drug-likeness (QED) is 0.0317. The zero-order chi connectivity index (χ0) is 59.3. The normalized spacial score (nSPS) is 14.5. The molecule has 0 saturated heterocycles. The number of carbonyl (C=O) groups is 12. The maximum Gasteiger partial charge on any atom is 0.490 e. The molecule has 434 valence electrons. The van der Waals surface area contributed by atoms with E-state index in [4.69, 9.17) is 21.4 Å². The number of aliphatic hydroxyl groups excluding tert-OH is 2. The number of hydrogen-bond acceptors (Lipinski definition) is 18. The number of thioether (sulfide) groups is 2. The first-order valence-electron chi connectivity index (χ1n) is 23.0. The molecule has 1 aromatic rings. The van der Waals surface area contributed by atoms with Crippen LogP contribution < -0.4 is 54.0 Å². The summed E-state index contributed by atoms with van der Waals surface area (Å²) >= 11 is 2.58. The Labute approximate surface area is 447 Å². The Morgan fingerprint density at radius 2 is 1.06 bits per heavy atom. The zero-order valence-electron chi connectivity index (χ0n) is 42.3. The number of primary amides is 1. The molecule has 1 rings (SSSR count). The Hall–Kier alpha value is -6.97. The third-order valence-corrected chi connectivity index (χ3v) is 11.6. The summed E-state index contributed by atoms with van der Waals surface area (Å²) in [6.45, 7) is 2.18. The fraction of sp³-hybridized carbons (Fsp3) is 0.591. The summed E-state index contributed by atoms with van der Waals surface area (Å²) in [5, 5.41) is 74.5. The van der Waals surface area contributed by atoms with E-state index in [9.17, 15) is 91.4 Å². The van der Waals surface area contributed by atoms with E-state index in [0.717, 1.165) is 6.92 Å². The van der Waals surface area contributed by atoms with Crippen molar-refractivity contribution in [2.75, 3.05) is 37.2 Å². The number of rotatable bonds is 33. The smallest absolute Gasteiger partial charge is 0.490 e. The molecule has 0 bridgehead atoms. The van der Waals surface area contributed by atoms with Crippen molar-refractivity contribution in [2.24, 2.45) is 17.4 Å². The Bertz CT molecular complexity index is 2200. The maximum atomic E-state index is 13.5. The van der Waals surface area contributed by atoms with Crippen LogP contribution in [-0.2, 0) is 64.0 Å². The molecule has 1 aromatic carbocycles. The Morgan fingerprint density at radius 3 is 1.49 bits per heavy atom. The first-order chi connectivity index (χ1) is 35.8. The van der Waals surface area contributed by atoms with Gasteiger partial charge in [-0.2, -0.15) is 36.7 Å².